The fourth-order valence-corrected chi connectivity index (χ4v) is 3.40. The minimum absolute atomic E-state index is 0.00892. The fourth-order valence-electron chi connectivity index (χ4n) is 1.69. The second kappa shape index (κ2) is 7.43. The lowest BCUT2D eigenvalue weighted by molar-refractivity contribution is -0.0817. The molecule has 0 heterocycles. The van der Waals surface area contributed by atoms with Crippen molar-refractivity contribution in [2.24, 2.45) is 0 Å². The first-order chi connectivity index (χ1) is 8.17. The third-order valence-electron chi connectivity index (χ3n) is 2.53. The number of rotatable bonds is 7. The highest BCUT2D eigenvalue weighted by Gasteiger charge is 2.10. The molecule has 0 aliphatic rings. The summed E-state index contributed by atoms with van der Waals surface area (Å²) < 4.78 is 11.2. The van der Waals surface area contributed by atoms with Crippen molar-refractivity contribution in [3.05, 3.63) is 36.4 Å². The molecule has 2 nitrogen and oxygen atoms in total. The van der Waals surface area contributed by atoms with Crippen molar-refractivity contribution in [3.63, 3.8) is 0 Å². The van der Waals surface area contributed by atoms with E-state index in [1.807, 2.05) is 20.8 Å². The van der Waals surface area contributed by atoms with Gasteiger partial charge in [-0.25, -0.2) is 0 Å². The van der Waals surface area contributed by atoms with Crippen LogP contribution < -0.4 is 5.19 Å². The van der Waals surface area contributed by atoms with Crippen LogP contribution in [0.3, 0.4) is 0 Å². The highest BCUT2D eigenvalue weighted by molar-refractivity contribution is 6.54. The molecule has 0 aliphatic carbocycles. The molecular weight excluding hydrogens is 228 g/mol. The van der Waals surface area contributed by atoms with Gasteiger partial charge in [-0.2, -0.15) is 0 Å². The van der Waals surface area contributed by atoms with E-state index in [1.165, 1.54) is 10.8 Å². The zero-order chi connectivity index (χ0) is 12.7. The van der Waals surface area contributed by atoms with Crippen molar-refractivity contribution >= 4 is 20.3 Å². The molecule has 0 saturated carbocycles. The van der Waals surface area contributed by atoms with Gasteiger partial charge in [0, 0.05) is 13.2 Å². The first kappa shape index (κ1) is 14.2. The van der Waals surface area contributed by atoms with Crippen molar-refractivity contribution in [1.82, 2.24) is 0 Å². The van der Waals surface area contributed by atoms with Gasteiger partial charge in [0.05, 0.1) is 0 Å². The SMILES string of the molecule is C=C(C)c1cccc([SiH2]C(OCC)OCC)c1. The molecule has 3 heteroatoms. The van der Waals surface area contributed by atoms with Gasteiger partial charge in [0.25, 0.3) is 0 Å². The standard InChI is InChI=1S/C14H22O2Si/c1-5-15-14(16-6-2)17-13-9-7-8-12(10-13)11(3)4/h7-10,14H,3,5-6,17H2,1-2,4H3. The van der Waals surface area contributed by atoms with Crippen molar-refractivity contribution in [3.8, 4) is 0 Å². The van der Waals surface area contributed by atoms with Crippen molar-refractivity contribution in [2.45, 2.75) is 26.7 Å². The molecule has 17 heavy (non-hydrogen) atoms. The van der Waals surface area contributed by atoms with Crippen molar-refractivity contribution < 1.29 is 9.47 Å². The Kier molecular flexibility index (Phi) is 6.19. The molecular formula is C14H22O2Si. The Bertz CT molecular complexity index is 357. The van der Waals surface area contributed by atoms with Crippen LogP contribution in [0.5, 0.6) is 0 Å². The third-order valence-corrected chi connectivity index (χ3v) is 4.24. The minimum atomic E-state index is -0.558. The van der Waals surface area contributed by atoms with Gasteiger partial charge in [-0.3, -0.25) is 0 Å². The van der Waals surface area contributed by atoms with Gasteiger partial charge in [0.1, 0.15) is 15.4 Å². The lowest BCUT2D eigenvalue weighted by atomic mass is 10.1. The largest absolute Gasteiger partial charge is 0.357 e. The summed E-state index contributed by atoms with van der Waals surface area (Å²) in [6.45, 7) is 11.4. The zero-order valence-electron chi connectivity index (χ0n) is 11.0. The van der Waals surface area contributed by atoms with Gasteiger partial charge in [-0.05, 0) is 26.3 Å². The van der Waals surface area contributed by atoms with Crippen molar-refractivity contribution in [2.75, 3.05) is 13.2 Å². The average molecular weight is 250 g/mol. The minimum Gasteiger partial charge on any atom is -0.357 e. The molecule has 1 aromatic rings. The molecule has 0 bridgehead atoms. The maximum Gasteiger partial charge on any atom is 0.139 e. The first-order valence-corrected chi connectivity index (χ1v) is 7.67. The molecule has 0 amide bonds. The van der Waals surface area contributed by atoms with Crippen LogP contribution in [-0.4, -0.2) is 28.6 Å². The average Bonchev–Trinajstić information content (AvgIpc) is 2.30. The summed E-state index contributed by atoms with van der Waals surface area (Å²) in [7, 11) is -0.558. The van der Waals surface area contributed by atoms with Crippen molar-refractivity contribution in [1.29, 1.82) is 0 Å². The van der Waals surface area contributed by atoms with Crippen LogP contribution in [0.1, 0.15) is 26.3 Å². The molecule has 0 spiro atoms. The van der Waals surface area contributed by atoms with Gasteiger partial charge in [0.2, 0.25) is 0 Å². The van der Waals surface area contributed by atoms with E-state index in [9.17, 15) is 0 Å². The Balaban J connectivity index is 2.71. The number of hydrogen-bond donors (Lipinski definition) is 0. The smallest absolute Gasteiger partial charge is 0.139 e. The Morgan fingerprint density at radius 3 is 2.47 bits per heavy atom. The molecule has 0 unspecified atom stereocenters. The fraction of sp³-hybridized carbons (Fsp3) is 0.429. The third kappa shape index (κ3) is 4.85. The summed E-state index contributed by atoms with van der Waals surface area (Å²) in [5, 5.41) is 1.36. The van der Waals surface area contributed by atoms with Crippen LogP contribution in [0.15, 0.2) is 30.8 Å². The summed E-state index contributed by atoms with van der Waals surface area (Å²) in [5.74, 6) is -0.00892. The Morgan fingerprint density at radius 1 is 1.29 bits per heavy atom. The van der Waals surface area contributed by atoms with Crippen LogP contribution in [0.25, 0.3) is 5.57 Å². The second-order valence-electron chi connectivity index (χ2n) is 4.03. The lowest BCUT2D eigenvalue weighted by Crippen LogP contribution is -2.33. The van der Waals surface area contributed by atoms with E-state index < -0.39 is 9.52 Å². The quantitative estimate of drug-likeness (QED) is 0.543. The zero-order valence-corrected chi connectivity index (χ0v) is 12.4. The van der Waals surface area contributed by atoms with Gasteiger partial charge in [-0.15, -0.1) is 0 Å². The van der Waals surface area contributed by atoms with Crippen LogP contribution in [0.4, 0.5) is 0 Å². The normalized spacial score (nSPS) is 11.5. The topological polar surface area (TPSA) is 18.5 Å². The van der Waals surface area contributed by atoms with E-state index >= 15 is 0 Å². The molecule has 1 aromatic carbocycles. The number of benzene rings is 1. The van der Waals surface area contributed by atoms with E-state index in [-0.39, 0.29) is 5.91 Å². The summed E-state index contributed by atoms with van der Waals surface area (Å²) in [6.07, 6.45) is 0. The van der Waals surface area contributed by atoms with Crippen LogP contribution >= 0.6 is 0 Å². The van der Waals surface area contributed by atoms with Crippen LogP contribution in [0.2, 0.25) is 0 Å². The van der Waals surface area contributed by atoms with Gasteiger partial charge in [-0.1, -0.05) is 41.6 Å². The molecule has 0 radical (unpaired) electrons. The summed E-state index contributed by atoms with van der Waals surface area (Å²) in [5.41, 5.74) is 2.31. The Morgan fingerprint density at radius 2 is 1.94 bits per heavy atom. The van der Waals surface area contributed by atoms with Crippen LogP contribution in [-0.2, 0) is 9.47 Å². The molecule has 1 rings (SSSR count). The van der Waals surface area contributed by atoms with Crippen LogP contribution in [0, 0.1) is 0 Å². The molecule has 0 aliphatic heterocycles. The van der Waals surface area contributed by atoms with E-state index in [1.54, 1.807) is 0 Å². The first-order valence-electron chi connectivity index (χ1n) is 6.15. The van der Waals surface area contributed by atoms with E-state index in [2.05, 4.69) is 30.8 Å². The number of hydrogen-bond acceptors (Lipinski definition) is 2. The van der Waals surface area contributed by atoms with E-state index in [0.29, 0.717) is 13.2 Å². The summed E-state index contributed by atoms with van der Waals surface area (Å²) in [6, 6.07) is 8.54. The second-order valence-corrected chi connectivity index (χ2v) is 5.92. The highest BCUT2D eigenvalue weighted by atomic mass is 28.2. The summed E-state index contributed by atoms with van der Waals surface area (Å²) in [4.78, 5) is 0. The van der Waals surface area contributed by atoms with Gasteiger partial charge in [0.15, 0.2) is 0 Å². The molecule has 0 atom stereocenters. The highest BCUT2D eigenvalue weighted by Crippen LogP contribution is 2.08. The summed E-state index contributed by atoms with van der Waals surface area (Å²) >= 11 is 0. The monoisotopic (exact) mass is 250 g/mol. The Labute approximate surface area is 106 Å². The lowest BCUT2D eigenvalue weighted by Gasteiger charge is -2.16. The maximum atomic E-state index is 5.60. The van der Waals surface area contributed by atoms with Gasteiger partial charge >= 0.3 is 0 Å². The molecule has 0 aromatic heterocycles. The molecule has 0 N–H and O–H groups in total. The van der Waals surface area contributed by atoms with E-state index in [0.717, 1.165) is 5.57 Å². The number of ether oxygens (including phenoxy) is 2. The Hall–Kier alpha value is -0.903. The van der Waals surface area contributed by atoms with E-state index in [4.69, 9.17) is 9.47 Å². The molecule has 94 valence electrons. The predicted octanol–water partition coefficient (Wildman–Crippen LogP) is 1.87. The predicted molar refractivity (Wildman–Crippen MR) is 76.4 cm³/mol. The van der Waals surface area contributed by atoms with Gasteiger partial charge < -0.3 is 9.47 Å². The number of allylic oxidation sites excluding steroid dienone is 1. The molecule has 0 fully saturated rings. The molecule has 0 saturated heterocycles. The maximum absolute atomic E-state index is 5.60.